The monoisotopic (exact) mass is 366 g/mol. The van der Waals surface area contributed by atoms with Crippen molar-refractivity contribution in [2.75, 3.05) is 33.3 Å². The lowest BCUT2D eigenvalue weighted by atomic mass is 9.95. The molecule has 0 unspecified atom stereocenters. The Morgan fingerprint density at radius 3 is 2.67 bits per heavy atom. The van der Waals surface area contributed by atoms with E-state index in [1.54, 1.807) is 7.11 Å². The molecule has 5 nitrogen and oxygen atoms in total. The second-order valence-corrected chi connectivity index (χ2v) is 7.90. The van der Waals surface area contributed by atoms with Crippen LogP contribution >= 0.6 is 0 Å². The normalized spacial score (nSPS) is 23.3. The van der Waals surface area contributed by atoms with Crippen LogP contribution in [-0.4, -0.2) is 59.1 Å². The number of benzene rings is 1. The van der Waals surface area contributed by atoms with Gasteiger partial charge in [-0.2, -0.15) is 0 Å². The molecule has 3 aliphatic heterocycles. The molecule has 3 aliphatic rings. The largest absolute Gasteiger partial charge is 0.496 e. The summed E-state index contributed by atoms with van der Waals surface area (Å²) in [6.45, 7) is 8.12. The number of aromatic nitrogens is 2. The molecule has 5 rings (SSSR count). The predicted molar refractivity (Wildman–Crippen MR) is 108 cm³/mol. The number of hydrogen-bond donors (Lipinski definition) is 0. The van der Waals surface area contributed by atoms with Crippen LogP contribution in [0.1, 0.15) is 31.7 Å². The third-order valence-corrected chi connectivity index (χ3v) is 5.87. The maximum Gasteiger partial charge on any atom is 0.162 e. The quantitative estimate of drug-likeness (QED) is 0.783. The molecule has 2 atom stereocenters. The maximum absolute atomic E-state index is 5.43. The van der Waals surface area contributed by atoms with E-state index in [0.717, 1.165) is 35.6 Å². The summed E-state index contributed by atoms with van der Waals surface area (Å²) >= 11 is 0. The average Bonchev–Trinajstić information content (AvgIpc) is 2.99. The summed E-state index contributed by atoms with van der Waals surface area (Å²) in [4.78, 5) is 14.6. The molecular formula is C22H30N4O. The van der Waals surface area contributed by atoms with Gasteiger partial charge in [-0.3, -0.25) is 9.80 Å². The van der Waals surface area contributed by atoms with Crippen molar-refractivity contribution in [3.8, 4) is 17.1 Å². The molecule has 0 N–H and O–H groups in total. The van der Waals surface area contributed by atoms with Crippen LogP contribution in [0.2, 0.25) is 0 Å². The van der Waals surface area contributed by atoms with Crippen LogP contribution in [-0.2, 0) is 6.54 Å². The number of fused-ring (bicyclic) bond motifs is 4. The maximum atomic E-state index is 5.43. The molecular weight excluding hydrogens is 336 g/mol. The number of piperidine rings is 1. The van der Waals surface area contributed by atoms with Gasteiger partial charge in [-0.1, -0.05) is 19.1 Å². The molecule has 3 fully saturated rings. The molecule has 0 saturated carbocycles. The lowest BCUT2D eigenvalue weighted by Gasteiger charge is -2.35. The van der Waals surface area contributed by atoms with Gasteiger partial charge in [-0.25, -0.2) is 9.97 Å². The molecule has 2 bridgehead atoms. The molecule has 3 saturated heterocycles. The van der Waals surface area contributed by atoms with Crippen LogP contribution in [0.3, 0.4) is 0 Å². The number of ether oxygens (including phenoxy) is 1. The Bertz CT molecular complexity index is 748. The van der Waals surface area contributed by atoms with E-state index >= 15 is 0 Å². The number of hydrogen-bond acceptors (Lipinski definition) is 5. The van der Waals surface area contributed by atoms with Crippen LogP contribution in [0.4, 0.5) is 0 Å². The SMILES string of the molecule is CCCN1C[C@H]2CC[C@@H]1CN(Cc1cnc(-c3ccccc3OC)nc1)C2. The Hall–Kier alpha value is -1.98. The molecule has 0 aliphatic carbocycles. The van der Waals surface area contributed by atoms with E-state index in [4.69, 9.17) is 4.74 Å². The molecule has 1 aromatic carbocycles. The Balaban J connectivity index is 1.44. The first-order chi connectivity index (χ1) is 13.3. The van der Waals surface area contributed by atoms with Crippen LogP contribution in [0.15, 0.2) is 36.7 Å². The van der Waals surface area contributed by atoms with Crippen molar-refractivity contribution in [2.45, 2.75) is 38.8 Å². The third-order valence-electron chi connectivity index (χ3n) is 5.87. The highest BCUT2D eigenvalue weighted by Crippen LogP contribution is 2.29. The van der Waals surface area contributed by atoms with Gasteiger partial charge >= 0.3 is 0 Å². The molecule has 4 heterocycles. The fourth-order valence-corrected chi connectivity index (χ4v) is 4.63. The summed E-state index contributed by atoms with van der Waals surface area (Å²) in [5.74, 6) is 2.34. The summed E-state index contributed by atoms with van der Waals surface area (Å²) in [6, 6.07) is 8.62. The van der Waals surface area contributed by atoms with E-state index in [1.165, 1.54) is 51.0 Å². The van der Waals surface area contributed by atoms with Gasteiger partial charge in [0.2, 0.25) is 0 Å². The number of rotatable bonds is 6. The summed E-state index contributed by atoms with van der Waals surface area (Å²) < 4.78 is 5.43. The summed E-state index contributed by atoms with van der Waals surface area (Å²) in [5.41, 5.74) is 2.13. The van der Waals surface area contributed by atoms with Gasteiger partial charge in [0.1, 0.15) is 5.75 Å². The van der Waals surface area contributed by atoms with E-state index in [-0.39, 0.29) is 0 Å². The van der Waals surface area contributed by atoms with E-state index in [2.05, 4.69) is 26.7 Å². The Kier molecular flexibility index (Phi) is 5.69. The molecule has 5 heteroatoms. The average molecular weight is 367 g/mol. The first kappa shape index (κ1) is 18.4. The lowest BCUT2D eigenvalue weighted by molar-refractivity contribution is 0.131. The van der Waals surface area contributed by atoms with Crippen molar-refractivity contribution in [1.82, 2.24) is 19.8 Å². The predicted octanol–water partition coefficient (Wildman–Crippen LogP) is 3.46. The molecule has 144 valence electrons. The fourth-order valence-electron chi connectivity index (χ4n) is 4.63. The minimum atomic E-state index is 0.720. The van der Waals surface area contributed by atoms with Gasteiger partial charge in [0.05, 0.1) is 12.7 Å². The molecule has 0 amide bonds. The topological polar surface area (TPSA) is 41.5 Å². The fraction of sp³-hybridized carbons (Fsp3) is 0.545. The van der Waals surface area contributed by atoms with Gasteiger partial charge in [-0.15, -0.1) is 0 Å². The van der Waals surface area contributed by atoms with E-state index in [0.29, 0.717) is 0 Å². The smallest absolute Gasteiger partial charge is 0.162 e. The van der Waals surface area contributed by atoms with E-state index in [9.17, 15) is 0 Å². The third kappa shape index (κ3) is 4.14. The molecule has 2 aromatic rings. The zero-order chi connectivity index (χ0) is 18.6. The van der Waals surface area contributed by atoms with Gasteiger partial charge in [0.25, 0.3) is 0 Å². The van der Waals surface area contributed by atoms with Crippen molar-refractivity contribution in [1.29, 1.82) is 0 Å². The summed E-state index contributed by atoms with van der Waals surface area (Å²) in [7, 11) is 1.68. The molecule has 0 spiro atoms. The van der Waals surface area contributed by atoms with Crippen LogP contribution in [0, 0.1) is 5.92 Å². The zero-order valence-electron chi connectivity index (χ0n) is 16.5. The van der Waals surface area contributed by atoms with Crippen LogP contribution < -0.4 is 4.74 Å². The second-order valence-electron chi connectivity index (χ2n) is 7.90. The van der Waals surface area contributed by atoms with Crippen molar-refractivity contribution in [2.24, 2.45) is 5.92 Å². The number of nitrogens with zero attached hydrogens (tertiary/aromatic N) is 4. The van der Waals surface area contributed by atoms with E-state index < -0.39 is 0 Å². The Morgan fingerprint density at radius 2 is 1.89 bits per heavy atom. The molecule has 1 aromatic heterocycles. The van der Waals surface area contributed by atoms with Crippen molar-refractivity contribution >= 4 is 0 Å². The lowest BCUT2D eigenvalue weighted by Crippen LogP contribution is -2.44. The Morgan fingerprint density at radius 1 is 1.07 bits per heavy atom. The highest BCUT2D eigenvalue weighted by atomic mass is 16.5. The molecule has 0 radical (unpaired) electrons. The van der Waals surface area contributed by atoms with Crippen molar-refractivity contribution in [3.05, 3.63) is 42.2 Å². The standard InChI is InChI=1S/C22H30N4O/c1-3-10-26-15-17-8-9-19(26)16-25(13-17)14-18-11-23-22(24-12-18)20-6-4-5-7-21(20)27-2/h4-7,11-12,17,19H,3,8-10,13-16H2,1-2H3/t17-,19+/m0/s1. The van der Waals surface area contributed by atoms with E-state index in [1.807, 2.05) is 36.7 Å². The van der Waals surface area contributed by atoms with Gasteiger partial charge in [0, 0.05) is 50.2 Å². The van der Waals surface area contributed by atoms with Crippen LogP contribution in [0.5, 0.6) is 5.75 Å². The Labute approximate surface area is 162 Å². The zero-order valence-corrected chi connectivity index (χ0v) is 16.5. The number of methoxy groups -OCH3 is 1. The number of para-hydroxylation sites is 1. The summed E-state index contributed by atoms with van der Waals surface area (Å²) in [6.07, 6.45) is 7.94. The van der Waals surface area contributed by atoms with Gasteiger partial charge in [0.15, 0.2) is 5.82 Å². The van der Waals surface area contributed by atoms with Crippen molar-refractivity contribution < 1.29 is 4.74 Å². The first-order valence-electron chi connectivity index (χ1n) is 10.2. The molecule has 27 heavy (non-hydrogen) atoms. The highest BCUT2D eigenvalue weighted by molar-refractivity contribution is 5.63. The highest BCUT2D eigenvalue weighted by Gasteiger charge is 2.34. The van der Waals surface area contributed by atoms with Gasteiger partial charge in [-0.05, 0) is 43.9 Å². The van der Waals surface area contributed by atoms with Crippen LogP contribution in [0.25, 0.3) is 11.4 Å². The minimum Gasteiger partial charge on any atom is -0.496 e. The van der Waals surface area contributed by atoms with Gasteiger partial charge < -0.3 is 4.74 Å². The van der Waals surface area contributed by atoms with Crippen molar-refractivity contribution in [3.63, 3.8) is 0 Å². The minimum absolute atomic E-state index is 0.720. The summed E-state index contributed by atoms with van der Waals surface area (Å²) in [5, 5.41) is 0. The second kappa shape index (κ2) is 8.36. The first-order valence-corrected chi connectivity index (χ1v) is 10.2.